The Kier molecular flexibility index (Phi) is 5.01. The first-order valence-electron chi connectivity index (χ1n) is 7.42. The summed E-state index contributed by atoms with van der Waals surface area (Å²) in [4.78, 5) is 2.22. The molecule has 5 atom stereocenters. The molecule has 1 saturated carbocycles. The van der Waals surface area contributed by atoms with E-state index in [1.54, 1.807) is 0 Å². The first kappa shape index (κ1) is 14.3. The third kappa shape index (κ3) is 3.44. The molecular weight excluding hydrogens is 228 g/mol. The van der Waals surface area contributed by atoms with Crippen molar-refractivity contribution in [2.45, 2.75) is 51.4 Å². The molecule has 4 nitrogen and oxygen atoms in total. The molecule has 0 bridgehead atoms. The lowest BCUT2D eigenvalue weighted by Crippen LogP contribution is -2.45. The Morgan fingerprint density at radius 3 is 2.44 bits per heavy atom. The second-order valence-corrected chi connectivity index (χ2v) is 6.20. The van der Waals surface area contributed by atoms with Crippen molar-refractivity contribution < 1.29 is 10.2 Å². The lowest BCUT2D eigenvalue weighted by Gasteiger charge is -2.37. The number of β-amino-alcohol motifs (C(OH)–C–C–N with tert-alkyl or cyclic N) is 2. The van der Waals surface area contributed by atoms with Crippen LogP contribution in [0.15, 0.2) is 0 Å². The lowest BCUT2D eigenvalue weighted by atomic mass is 9.78. The molecular formula is C14H28N2O2. The Labute approximate surface area is 110 Å². The van der Waals surface area contributed by atoms with Crippen molar-refractivity contribution in [2.24, 2.45) is 11.8 Å². The number of likely N-dealkylation sites (tertiary alicyclic amines) is 1. The average Bonchev–Trinajstić information content (AvgIpc) is 2.62. The van der Waals surface area contributed by atoms with E-state index in [9.17, 15) is 10.2 Å². The quantitative estimate of drug-likeness (QED) is 0.683. The van der Waals surface area contributed by atoms with Gasteiger partial charge in [0.15, 0.2) is 0 Å². The minimum atomic E-state index is -0.552. The van der Waals surface area contributed by atoms with Crippen molar-refractivity contribution in [2.75, 3.05) is 26.2 Å². The summed E-state index contributed by atoms with van der Waals surface area (Å²) in [5, 5.41) is 22.8. The minimum absolute atomic E-state index is 0.552. The SMILES string of the molecule is CCNC1CCC(C)CC1CN1CC(O)C(O)C1. The zero-order chi connectivity index (χ0) is 13.1. The highest BCUT2D eigenvalue weighted by molar-refractivity contribution is 4.89. The maximum Gasteiger partial charge on any atom is 0.0938 e. The molecule has 1 aliphatic heterocycles. The smallest absolute Gasteiger partial charge is 0.0938 e. The minimum Gasteiger partial charge on any atom is -0.389 e. The van der Waals surface area contributed by atoms with Crippen LogP contribution in [0, 0.1) is 11.8 Å². The lowest BCUT2D eigenvalue weighted by molar-refractivity contribution is 0.0572. The monoisotopic (exact) mass is 256 g/mol. The van der Waals surface area contributed by atoms with Crippen LogP contribution in [-0.4, -0.2) is 59.5 Å². The number of aliphatic hydroxyl groups is 2. The maximum atomic E-state index is 9.61. The number of nitrogens with zero attached hydrogens (tertiary/aromatic N) is 1. The van der Waals surface area contributed by atoms with Gasteiger partial charge in [-0.25, -0.2) is 0 Å². The van der Waals surface area contributed by atoms with Crippen molar-refractivity contribution in [3.8, 4) is 0 Å². The normalized spacial score (nSPS) is 42.3. The van der Waals surface area contributed by atoms with Crippen molar-refractivity contribution in [3.63, 3.8) is 0 Å². The molecule has 0 radical (unpaired) electrons. The van der Waals surface area contributed by atoms with Crippen LogP contribution in [0.2, 0.25) is 0 Å². The standard InChI is InChI=1S/C14H28N2O2/c1-3-15-12-5-4-10(2)6-11(12)7-16-8-13(17)14(18)9-16/h10-15,17-18H,3-9H2,1-2H3. The molecule has 0 spiro atoms. The average molecular weight is 256 g/mol. The molecule has 106 valence electrons. The van der Waals surface area contributed by atoms with Gasteiger partial charge in [-0.2, -0.15) is 0 Å². The number of hydrogen-bond acceptors (Lipinski definition) is 4. The fourth-order valence-electron chi connectivity index (χ4n) is 3.56. The summed E-state index contributed by atoms with van der Waals surface area (Å²) >= 11 is 0. The van der Waals surface area contributed by atoms with E-state index in [1.165, 1.54) is 19.3 Å². The van der Waals surface area contributed by atoms with Gasteiger partial charge in [0.05, 0.1) is 12.2 Å². The largest absolute Gasteiger partial charge is 0.389 e. The molecule has 0 aromatic carbocycles. The summed E-state index contributed by atoms with van der Waals surface area (Å²) in [6.07, 6.45) is 2.74. The van der Waals surface area contributed by atoms with E-state index in [0.29, 0.717) is 25.0 Å². The molecule has 1 heterocycles. The summed E-state index contributed by atoms with van der Waals surface area (Å²) in [5.74, 6) is 1.47. The molecule has 1 aliphatic carbocycles. The topological polar surface area (TPSA) is 55.7 Å². The Morgan fingerprint density at radius 1 is 1.17 bits per heavy atom. The van der Waals surface area contributed by atoms with Gasteiger partial charge >= 0.3 is 0 Å². The van der Waals surface area contributed by atoms with Crippen LogP contribution in [0.4, 0.5) is 0 Å². The summed E-state index contributed by atoms with van der Waals surface area (Å²) < 4.78 is 0. The van der Waals surface area contributed by atoms with Gasteiger partial charge in [-0.05, 0) is 37.6 Å². The molecule has 5 unspecified atom stereocenters. The van der Waals surface area contributed by atoms with Crippen LogP contribution in [0.3, 0.4) is 0 Å². The number of nitrogens with one attached hydrogen (secondary N) is 1. The Balaban J connectivity index is 1.88. The first-order valence-corrected chi connectivity index (χ1v) is 7.42. The molecule has 2 fully saturated rings. The van der Waals surface area contributed by atoms with E-state index >= 15 is 0 Å². The number of aliphatic hydroxyl groups excluding tert-OH is 2. The molecule has 18 heavy (non-hydrogen) atoms. The number of rotatable bonds is 4. The van der Waals surface area contributed by atoms with Crippen molar-refractivity contribution in [1.82, 2.24) is 10.2 Å². The third-order valence-corrected chi connectivity index (χ3v) is 4.54. The van der Waals surface area contributed by atoms with E-state index in [-0.39, 0.29) is 0 Å². The van der Waals surface area contributed by atoms with Crippen molar-refractivity contribution in [3.05, 3.63) is 0 Å². The van der Waals surface area contributed by atoms with E-state index in [0.717, 1.165) is 19.0 Å². The predicted molar refractivity (Wildman–Crippen MR) is 72.4 cm³/mol. The molecule has 2 rings (SSSR count). The van der Waals surface area contributed by atoms with Crippen LogP contribution >= 0.6 is 0 Å². The maximum absolute atomic E-state index is 9.61. The fourth-order valence-corrected chi connectivity index (χ4v) is 3.56. The fraction of sp³-hybridized carbons (Fsp3) is 1.00. The van der Waals surface area contributed by atoms with Crippen LogP contribution in [0.1, 0.15) is 33.1 Å². The number of hydrogen-bond donors (Lipinski definition) is 3. The zero-order valence-electron chi connectivity index (χ0n) is 11.7. The Morgan fingerprint density at radius 2 is 1.83 bits per heavy atom. The summed E-state index contributed by atoms with van der Waals surface area (Å²) in [5.41, 5.74) is 0. The van der Waals surface area contributed by atoms with Crippen molar-refractivity contribution >= 4 is 0 Å². The summed E-state index contributed by atoms with van der Waals surface area (Å²) in [7, 11) is 0. The molecule has 2 aliphatic rings. The van der Waals surface area contributed by atoms with Gasteiger partial charge in [0, 0.05) is 25.7 Å². The molecule has 3 N–H and O–H groups in total. The Bertz CT molecular complexity index is 252. The van der Waals surface area contributed by atoms with Crippen molar-refractivity contribution in [1.29, 1.82) is 0 Å². The second kappa shape index (κ2) is 6.33. The van der Waals surface area contributed by atoms with Gasteiger partial charge in [0.1, 0.15) is 0 Å². The van der Waals surface area contributed by atoms with Crippen LogP contribution in [-0.2, 0) is 0 Å². The predicted octanol–water partition coefficient (Wildman–Crippen LogP) is 0.438. The van der Waals surface area contributed by atoms with E-state index < -0.39 is 12.2 Å². The molecule has 0 amide bonds. The van der Waals surface area contributed by atoms with Crippen LogP contribution in [0.5, 0.6) is 0 Å². The Hall–Kier alpha value is -0.160. The highest BCUT2D eigenvalue weighted by Gasteiger charge is 2.34. The van der Waals surface area contributed by atoms with Gasteiger partial charge in [-0.3, -0.25) is 4.90 Å². The molecule has 4 heteroatoms. The van der Waals surface area contributed by atoms with Gasteiger partial charge in [-0.1, -0.05) is 13.8 Å². The summed E-state index contributed by atoms with van der Waals surface area (Å²) in [6, 6.07) is 0.612. The van der Waals surface area contributed by atoms with E-state index in [2.05, 4.69) is 24.1 Å². The first-order chi connectivity index (χ1) is 8.60. The zero-order valence-corrected chi connectivity index (χ0v) is 11.7. The molecule has 1 saturated heterocycles. The highest BCUT2D eigenvalue weighted by Crippen LogP contribution is 2.30. The second-order valence-electron chi connectivity index (χ2n) is 6.20. The van der Waals surface area contributed by atoms with E-state index in [1.807, 2.05) is 0 Å². The summed E-state index contributed by atoms with van der Waals surface area (Å²) in [6.45, 7) is 7.80. The molecule has 0 aromatic heterocycles. The van der Waals surface area contributed by atoms with Crippen LogP contribution in [0.25, 0.3) is 0 Å². The molecule has 0 aromatic rings. The van der Waals surface area contributed by atoms with Gasteiger partial charge in [0.2, 0.25) is 0 Å². The van der Waals surface area contributed by atoms with Crippen LogP contribution < -0.4 is 5.32 Å². The van der Waals surface area contributed by atoms with E-state index in [4.69, 9.17) is 0 Å². The third-order valence-electron chi connectivity index (χ3n) is 4.54. The highest BCUT2D eigenvalue weighted by atomic mass is 16.3. The van der Waals surface area contributed by atoms with Gasteiger partial charge in [-0.15, -0.1) is 0 Å². The van der Waals surface area contributed by atoms with Gasteiger partial charge < -0.3 is 15.5 Å². The van der Waals surface area contributed by atoms with Gasteiger partial charge in [0.25, 0.3) is 0 Å².